The van der Waals surface area contributed by atoms with Crippen LogP contribution in [0.1, 0.15) is 33.0 Å². The summed E-state index contributed by atoms with van der Waals surface area (Å²) in [6, 6.07) is 6.80. The van der Waals surface area contributed by atoms with Gasteiger partial charge in [-0.25, -0.2) is 13.4 Å². The van der Waals surface area contributed by atoms with Crippen molar-refractivity contribution in [3.05, 3.63) is 39.6 Å². The molecule has 0 saturated heterocycles. The average molecular weight is 393 g/mol. The van der Waals surface area contributed by atoms with Crippen molar-refractivity contribution in [3.8, 4) is 0 Å². The number of anilines is 1. The lowest BCUT2D eigenvalue weighted by atomic mass is 9.99. The van der Waals surface area contributed by atoms with Crippen LogP contribution < -0.4 is 5.32 Å². The third kappa shape index (κ3) is 3.33. The molecule has 0 radical (unpaired) electrons. The average Bonchev–Trinajstić information content (AvgIpc) is 3.16. The van der Waals surface area contributed by atoms with Crippen LogP contribution in [-0.4, -0.2) is 25.6 Å². The summed E-state index contributed by atoms with van der Waals surface area (Å²) in [5.74, 6) is -0.151. The monoisotopic (exact) mass is 392 g/mol. The number of hydrogen-bond acceptors (Lipinski definition) is 6. The molecule has 0 unspecified atom stereocenters. The van der Waals surface area contributed by atoms with E-state index in [0.29, 0.717) is 15.5 Å². The molecule has 2 aromatic heterocycles. The predicted octanol–water partition coefficient (Wildman–Crippen LogP) is 3.89. The number of thiophene rings is 1. The zero-order valence-corrected chi connectivity index (χ0v) is 16.0. The van der Waals surface area contributed by atoms with Crippen molar-refractivity contribution in [2.75, 3.05) is 11.6 Å². The standard InChI is InChI=1S/C17H16N2O3S3/c1-25(21,22)11-6-7-12-14(9-11)24-17(18-12)19-16(20)15-8-10-4-2-3-5-13(10)23-15/h6-9H,2-5H2,1H3,(H,18,19,20). The smallest absolute Gasteiger partial charge is 0.267 e. The van der Waals surface area contributed by atoms with Crippen molar-refractivity contribution in [2.45, 2.75) is 30.6 Å². The Labute approximate surface area is 153 Å². The number of sulfone groups is 1. The Kier molecular flexibility index (Phi) is 4.13. The molecule has 0 saturated carbocycles. The molecule has 25 heavy (non-hydrogen) atoms. The number of aryl methyl sites for hydroxylation is 2. The Hall–Kier alpha value is -1.77. The van der Waals surface area contributed by atoms with Crippen LogP contribution >= 0.6 is 22.7 Å². The van der Waals surface area contributed by atoms with E-state index in [9.17, 15) is 13.2 Å². The van der Waals surface area contributed by atoms with E-state index in [1.807, 2.05) is 6.07 Å². The van der Waals surface area contributed by atoms with Crippen LogP contribution in [-0.2, 0) is 22.7 Å². The van der Waals surface area contributed by atoms with Crippen LogP contribution in [0, 0.1) is 0 Å². The van der Waals surface area contributed by atoms with E-state index < -0.39 is 9.84 Å². The summed E-state index contributed by atoms with van der Waals surface area (Å²) >= 11 is 2.84. The summed E-state index contributed by atoms with van der Waals surface area (Å²) in [6.45, 7) is 0. The number of amides is 1. The highest BCUT2D eigenvalue weighted by Crippen LogP contribution is 2.32. The zero-order valence-electron chi connectivity index (χ0n) is 13.5. The van der Waals surface area contributed by atoms with Gasteiger partial charge in [0.25, 0.3) is 5.91 Å². The number of benzene rings is 1. The number of thiazole rings is 1. The van der Waals surface area contributed by atoms with Crippen LogP contribution in [0.15, 0.2) is 29.2 Å². The van der Waals surface area contributed by atoms with Gasteiger partial charge in [-0.05, 0) is 55.5 Å². The molecule has 8 heteroatoms. The largest absolute Gasteiger partial charge is 0.297 e. The van der Waals surface area contributed by atoms with Gasteiger partial charge in [0.05, 0.1) is 20.0 Å². The van der Waals surface area contributed by atoms with E-state index >= 15 is 0 Å². The molecule has 1 amide bonds. The van der Waals surface area contributed by atoms with Gasteiger partial charge in [0.15, 0.2) is 15.0 Å². The molecule has 1 aromatic carbocycles. The van der Waals surface area contributed by atoms with E-state index in [-0.39, 0.29) is 10.8 Å². The van der Waals surface area contributed by atoms with Gasteiger partial charge in [0.1, 0.15) is 0 Å². The summed E-state index contributed by atoms with van der Waals surface area (Å²) in [5, 5.41) is 3.33. The fourth-order valence-electron chi connectivity index (χ4n) is 2.95. The van der Waals surface area contributed by atoms with Crippen LogP contribution in [0.25, 0.3) is 10.2 Å². The van der Waals surface area contributed by atoms with Crippen LogP contribution in [0.5, 0.6) is 0 Å². The topological polar surface area (TPSA) is 76.1 Å². The molecule has 2 heterocycles. The fourth-order valence-corrected chi connectivity index (χ4v) is 5.72. The summed E-state index contributed by atoms with van der Waals surface area (Å²) in [6.07, 6.45) is 5.66. The van der Waals surface area contributed by atoms with Gasteiger partial charge >= 0.3 is 0 Å². The Morgan fingerprint density at radius 3 is 2.72 bits per heavy atom. The second kappa shape index (κ2) is 6.19. The molecule has 1 N–H and O–H groups in total. The van der Waals surface area contributed by atoms with Crippen LogP contribution in [0.2, 0.25) is 0 Å². The number of carbonyl (C=O) groups excluding carboxylic acids is 1. The molecule has 0 fully saturated rings. The molecule has 4 rings (SSSR count). The number of rotatable bonds is 3. The summed E-state index contributed by atoms with van der Waals surface area (Å²) in [4.78, 5) is 19.2. The highest BCUT2D eigenvalue weighted by atomic mass is 32.2. The normalized spacial score (nSPS) is 14.4. The molecule has 0 aliphatic heterocycles. The first kappa shape index (κ1) is 16.7. The van der Waals surface area contributed by atoms with E-state index in [2.05, 4.69) is 10.3 Å². The van der Waals surface area contributed by atoms with E-state index in [1.165, 1.54) is 46.9 Å². The lowest BCUT2D eigenvalue weighted by molar-refractivity contribution is 0.103. The maximum Gasteiger partial charge on any atom is 0.267 e. The van der Waals surface area contributed by atoms with Gasteiger partial charge in [-0.15, -0.1) is 11.3 Å². The van der Waals surface area contributed by atoms with Crippen molar-refractivity contribution in [1.29, 1.82) is 0 Å². The SMILES string of the molecule is CS(=O)(=O)c1ccc2nc(NC(=O)c3cc4c(s3)CCCC4)sc2c1. The Morgan fingerprint density at radius 1 is 1.16 bits per heavy atom. The van der Waals surface area contributed by atoms with Crippen molar-refractivity contribution in [2.24, 2.45) is 0 Å². The summed E-state index contributed by atoms with van der Waals surface area (Å²) in [7, 11) is -3.26. The molecular formula is C17H16N2O3S3. The lowest BCUT2D eigenvalue weighted by Gasteiger charge is -2.08. The minimum absolute atomic E-state index is 0.151. The van der Waals surface area contributed by atoms with Crippen molar-refractivity contribution >= 4 is 53.8 Å². The molecule has 1 aliphatic rings. The Morgan fingerprint density at radius 2 is 1.96 bits per heavy atom. The third-order valence-corrected chi connectivity index (χ3v) is 7.51. The zero-order chi connectivity index (χ0) is 17.6. The first-order valence-corrected chi connectivity index (χ1v) is 11.5. The van der Waals surface area contributed by atoms with Crippen molar-refractivity contribution in [3.63, 3.8) is 0 Å². The number of hydrogen-bond donors (Lipinski definition) is 1. The first-order valence-electron chi connectivity index (χ1n) is 7.94. The molecule has 130 valence electrons. The van der Waals surface area contributed by atoms with Gasteiger partial charge in [-0.3, -0.25) is 10.1 Å². The van der Waals surface area contributed by atoms with E-state index in [1.54, 1.807) is 23.5 Å². The minimum atomic E-state index is -3.26. The number of carbonyl (C=O) groups is 1. The second-order valence-electron chi connectivity index (χ2n) is 6.14. The Bertz CT molecular complexity index is 1060. The second-order valence-corrected chi connectivity index (χ2v) is 10.3. The first-order chi connectivity index (χ1) is 11.9. The molecule has 1 aliphatic carbocycles. The van der Waals surface area contributed by atoms with Gasteiger partial charge in [0.2, 0.25) is 0 Å². The molecule has 0 bridgehead atoms. The summed E-state index contributed by atoms with van der Waals surface area (Å²) in [5.41, 5.74) is 1.97. The minimum Gasteiger partial charge on any atom is -0.297 e. The Balaban J connectivity index is 1.59. The van der Waals surface area contributed by atoms with Gasteiger partial charge in [0, 0.05) is 11.1 Å². The quantitative estimate of drug-likeness (QED) is 0.734. The lowest BCUT2D eigenvalue weighted by Crippen LogP contribution is -2.09. The highest BCUT2D eigenvalue weighted by molar-refractivity contribution is 7.90. The maximum absolute atomic E-state index is 12.5. The van der Waals surface area contributed by atoms with Crippen LogP contribution in [0.3, 0.4) is 0 Å². The molecule has 3 aromatic rings. The number of nitrogens with one attached hydrogen (secondary N) is 1. The maximum atomic E-state index is 12.5. The van der Waals surface area contributed by atoms with Gasteiger partial charge in [-0.2, -0.15) is 0 Å². The molecule has 0 spiro atoms. The van der Waals surface area contributed by atoms with Crippen molar-refractivity contribution < 1.29 is 13.2 Å². The van der Waals surface area contributed by atoms with Gasteiger partial charge in [-0.1, -0.05) is 11.3 Å². The molecular weight excluding hydrogens is 376 g/mol. The number of nitrogens with zero attached hydrogens (tertiary/aromatic N) is 1. The molecule has 0 atom stereocenters. The summed E-state index contributed by atoms with van der Waals surface area (Å²) < 4.78 is 24.1. The van der Waals surface area contributed by atoms with Crippen LogP contribution in [0.4, 0.5) is 5.13 Å². The predicted molar refractivity (Wildman–Crippen MR) is 102 cm³/mol. The number of aromatic nitrogens is 1. The highest BCUT2D eigenvalue weighted by Gasteiger charge is 2.18. The molecule has 5 nitrogen and oxygen atoms in total. The fraction of sp³-hybridized carbons (Fsp3) is 0.294. The number of fused-ring (bicyclic) bond motifs is 2. The van der Waals surface area contributed by atoms with Crippen molar-refractivity contribution in [1.82, 2.24) is 4.98 Å². The van der Waals surface area contributed by atoms with E-state index in [0.717, 1.165) is 17.5 Å². The van der Waals surface area contributed by atoms with E-state index in [4.69, 9.17) is 0 Å². The van der Waals surface area contributed by atoms with Gasteiger partial charge < -0.3 is 0 Å². The third-order valence-electron chi connectivity index (χ3n) is 4.23.